The van der Waals surface area contributed by atoms with Gasteiger partial charge in [-0.25, -0.2) is 4.98 Å². The van der Waals surface area contributed by atoms with E-state index in [9.17, 15) is 4.79 Å². The third kappa shape index (κ3) is 2.46. The van der Waals surface area contributed by atoms with Crippen LogP contribution in [0.3, 0.4) is 0 Å². The van der Waals surface area contributed by atoms with Crippen LogP contribution in [0, 0.1) is 0 Å². The minimum absolute atomic E-state index is 0.0686. The van der Waals surface area contributed by atoms with Crippen LogP contribution in [-0.4, -0.2) is 29.2 Å². The fourth-order valence-electron chi connectivity index (χ4n) is 2.96. The zero-order valence-corrected chi connectivity index (χ0v) is 14.2. The second-order valence-corrected chi connectivity index (χ2v) is 6.17. The molecule has 6 nitrogen and oxygen atoms in total. The van der Waals surface area contributed by atoms with Gasteiger partial charge in [-0.3, -0.25) is 4.79 Å². The molecule has 3 heterocycles. The first-order valence-corrected chi connectivity index (χ1v) is 8.03. The van der Waals surface area contributed by atoms with Gasteiger partial charge in [0, 0.05) is 35.5 Å². The number of carbonyl (C=O) groups is 1. The number of aromatic nitrogens is 2. The molecule has 0 N–H and O–H groups in total. The Kier molecular flexibility index (Phi) is 3.53. The Morgan fingerprint density at radius 1 is 1.12 bits per heavy atom. The van der Waals surface area contributed by atoms with E-state index in [1.807, 2.05) is 44.2 Å². The van der Waals surface area contributed by atoms with E-state index in [0.717, 1.165) is 22.4 Å². The number of ether oxygens (including phenoxy) is 1. The number of amides is 1. The van der Waals surface area contributed by atoms with E-state index >= 15 is 0 Å². The standard InChI is InChI=1S/C19H17N3O3/c1-11(2)22-16-8-12(4-6-14(16)19(22)23)17-9-15(21-25-17)13-5-7-18(24-3)20-10-13/h4-11H,1-3H3. The van der Waals surface area contributed by atoms with Crippen LogP contribution < -0.4 is 9.64 Å². The summed E-state index contributed by atoms with van der Waals surface area (Å²) < 4.78 is 10.6. The molecule has 0 saturated carbocycles. The molecule has 2 aromatic heterocycles. The van der Waals surface area contributed by atoms with E-state index in [0.29, 0.717) is 17.3 Å². The van der Waals surface area contributed by atoms with Crippen molar-refractivity contribution in [1.29, 1.82) is 0 Å². The Morgan fingerprint density at radius 2 is 1.92 bits per heavy atom. The Morgan fingerprint density at radius 3 is 2.60 bits per heavy atom. The Bertz CT molecular complexity index is 945. The van der Waals surface area contributed by atoms with Crippen molar-refractivity contribution in [2.45, 2.75) is 19.9 Å². The van der Waals surface area contributed by atoms with Crippen molar-refractivity contribution in [3.8, 4) is 28.5 Å². The highest BCUT2D eigenvalue weighted by Gasteiger charge is 2.34. The lowest BCUT2D eigenvalue weighted by molar-refractivity contribution is 0.0958. The van der Waals surface area contributed by atoms with Crippen molar-refractivity contribution >= 4 is 11.6 Å². The monoisotopic (exact) mass is 335 g/mol. The van der Waals surface area contributed by atoms with Gasteiger partial charge in [0.05, 0.1) is 18.4 Å². The summed E-state index contributed by atoms with van der Waals surface area (Å²) in [5, 5.41) is 4.12. The zero-order chi connectivity index (χ0) is 17.6. The van der Waals surface area contributed by atoms with Crippen LogP contribution in [0.4, 0.5) is 5.69 Å². The quantitative estimate of drug-likeness (QED) is 0.726. The molecule has 0 bridgehead atoms. The molecule has 0 fully saturated rings. The highest BCUT2D eigenvalue weighted by atomic mass is 16.5. The number of pyridine rings is 1. The van der Waals surface area contributed by atoms with E-state index in [-0.39, 0.29) is 11.9 Å². The van der Waals surface area contributed by atoms with Gasteiger partial charge in [0.15, 0.2) is 5.76 Å². The normalized spacial score (nSPS) is 13.0. The topological polar surface area (TPSA) is 68.5 Å². The van der Waals surface area contributed by atoms with Crippen molar-refractivity contribution in [2.24, 2.45) is 0 Å². The summed E-state index contributed by atoms with van der Waals surface area (Å²) in [4.78, 5) is 18.0. The molecule has 6 heteroatoms. The minimum atomic E-state index is 0.0686. The van der Waals surface area contributed by atoms with E-state index < -0.39 is 0 Å². The molecule has 1 amide bonds. The molecule has 0 aliphatic carbocycles. The van der Waals surface area contributed by atoms with Gasteiger partial charge in [-0.2, -0.15) is 0 Å². The Labute approximate surface area is 145 Å². The lowest BCUT2D eigenvalue weighted by atomic mass is 9.97. The molecule has 0 atom stereocenters. The van der Waals surface area contributed by atoms with Gasteiger partial charge in [0.1, 0.15) is 5.69 Å². The van der Waals surface area contributed by atoms with Gasteiger partial charge in [-0.15, -0.1) is 0 Å². The van der Waals surface area contributed by atoms with Crippen LogP contribution in [0.25, 0.3) is 22.6 Å². The molecule has 25 heavy (non-hydrogen) atoms. The van der Waals surface area contributed by atoms with E-state index in [4.69, 9.17) is 9.26 Å². The van der Waals surface area contributed by atoms with E-state index in [1.165, 1.54) is 0 Å². The molecule has 0 saturated heterocycles. The number of carbonyl (C=O) groups excluding carboxylic acids is 1. The third-order valence-electron chi connectivity index (χ3n) is 4.26. The number of nitrogens with zero attached hydrogens (tertiary/aromatic N) is 3. The van der Waals surface area contributed by atoms with Crippen molar-refractivity contribution in [2.75, 3.05) is 12.0 Å². The van der Waals surface area contributed by atoms with Gasteiger partial charge in [0.2, 0.25) is 5.88 Å². The zero-order valence-electron chi connectivity index (χ0n) is 14.2. The van der Waals surface area contributed by atoms with Gasteiger partial charge >= 0.3 is 0 Å². The summed E-state index contributed by atoms with van der Waals surface area (Å²) in [7, 11) is 1.58. The van der Waals surface area contributed by atoms with Crippen LogP contribution in [0.15, 0.2) is 47.1 Å². The number of fused-ring (bicyclic) bond motifs is 1. The number of hydrogen-bond donors (Lipinski definition) is 0. The maximum Gasteiger partial charge on any atom is 0.260 e. The average molecular weight is 335 g/mol. The average Bonchev–Trinajstić information content (AvgIpc) is 3.10. The second-order valence-electron chi connectivity index (χ2n) is 6.17. The summed E-state index contributed by atoms with van der Waals surface area (Å²) in [5.74, 6) is 1.27. The predicted octanol–water partition coefficient (Wildman–Crippen LogP) is 3.78. The smallest absolute Gasteiger partial charge is 0.260 e. The third-order valence-corrected chi connectivity index (χ3v) is 4.26. The number of anilines is 1. The van der Waals surface area contributed by atoms with E-state index in [1.54, 1.807) is 24.3 Å². The number of hydrogen-bond acceptors (Lipinski definition) is 5. The molecule has 3 aromatic rings. The van der Waals surface area contributed by atoms with Gasteiger partial charge in [-0.05, 0) is 32.0 Å². The first-order chi connectivity index (χ1) is 12.1. The molecule has 126 valence electrons. The maximum absolute atomic E-state index is 12.1. The Hall–Kier alpha value is -3.15. The van der Waals surface area contributed by atoms with Crippen LogP contribution in [0.1, 0.15) is 24.2 Å². The lowest BCUT2D eigenvalue weighted by Gasteiger charge is -2.37. The van der Waals surface area contributed by atoms with Crippen molar-refractivity contribution in [3.63, 3.8) is 0 Å². The number of rotatable bonds is 4. The minimum Gasteiger partial charge on any atom is -0.481 e. The maximum atomic E-state index is 12.1. The number of methoxy groups -OCH3 is 1. The van der Waals surface area contributed by atoms with Crippen LogP contribution >= 0.6 is 0 Å². The first-order valence-electron chi connectivity index (χ1n) is 8.03. The van der Waals surface area contributed by atoms with E-state index in [2.05, 4.69) is 10.1 Å². The van der Waals surface area contributed by atoms with Gasteiger partial charge < -0.3 is 14.2 Å². The Balaban J connectivity index is 1.65. The molecule has 0 spiro atoms. The fraction of sp³-hybridized carbons (Fsp3) is 0.211. The highest BCUT2D eigenvalue weighted by Crippen LogP contribution is 2.38. The van der Waals surface area contributed by atoms with Crippen molar-refractivity contribution in [1.82, 2.24) is 10.1 Å². The molecule has 0 radical (unpaired) electrons. The summed E-state index contributed by atoms with van der Waals surface area (Å²) in [6.07, 6.45) is 1.69. The summed E-state index contributed by atoms with van der Waals surface area (Å²) in [5.41, 5.74) is 4.11. The summed E-state index contributed by atoms with van der Waals surface area (Å²) in [6.45, 7) is 3.99. The predicted molar refractivity (Wildman–Crippen MR) is 93.7 cm³/mol. The molecular weight excluding hydrogens is 318 g/mol. The summed E-state index contributed by atoms with van der Waals surface area (Å²) >= 11 is 0. The van der Waals surface area contributed by atoms with Crippen LogP contribution in [0.2, 0.25) is 0 Å². The molecule has 1 aliphatic heterocycles. The summed E-state index contributed by atoms with van der Waals surface area (Å²) in [6, 6.07) is 11.3. The first kappa shape index (κ1) is 15.4. The SMILES string of the molecule is COc1ccc(-c2cc(-c3ccc4c(c3)N(C(C)C)C4=O)on2)cn1. The lowest BCUT2D eigenvalue weighted by Crippen LogP contribution is -2.45. The molecule has 1 aromatic carbocycles. The largest absolute Gasteiger partial charge is 0.481 e. The van der Waals surface area contributed by atoms with Gasteiger partial charge in [-0.1, -0.05) is 11.2 Å². The van der Waals surface area contributed by atoms with Crippen LogP contribution in [0.5, 0.6) is 5.88 Å². The van der Waals surface area contributed by atoms with Crippen molar-refractivity contribution < 1.29 is 14.1 Å². The fourth-order valence-corrected chi connectivity index (χ4v) is 2.96. The number of benzene rings is 1. The molecular formula is C19H17N3O3. The van der Waals surface area contributed by atoms with Crippen LogP contribution in [-0.2, 0) is 0 Å². The van der Waals surface area contributed by atoms with Gasteiger partial charge in [0.25, 0.3) is 5.91 Å². The van der Waals surface area contributed by atoms with Crippen molar-refractivity contribution in [3.05, 3.63) is 48.2 Å². The highest BCUT2D eigenvalue weighted by molar-refractivity contribution is 6.20. The molecule has 4 rings (SSSR count). The molecule has 1 aliphatic rings. The molecule has 0 unspecified atom stereocenters. The second kappa shape index (κ2) is 5.73.